The van der Waals surface area contributed by atoms with E-state index in [1.54, 1.807) is 0 Å². The fourth-order valence-corrected chi connectivity index (χ4v) is 5.09. The van der Waals surface area contributed by atoms with Gasteiger partial charge in [0.05, 0.1) is 5.56 Å². The summed E-state index contributed by atoms with van der Waals surface area (Å²) < 4.78 is 72.0. The SMILES string of the molecule is C[C@@H]1CN(c2nc(-n3ccc(OCC4(C(F)(F)F)CCC4)n3)ccc2C(=O)N=S(=O)=O)C(C)(C)C1. The maximum absolute atomic E-state index is 13.4. The molecule has 9 nitrogen and oxygen atoms in total. The number of hydrogen-bond donors (Lipinski definition) is 0. The Balaban J connectivity index is 1.64. The van der Waals surface area contributed by atoms with Crippen molar-refractivity contribution in [3.63, 3.8) is 0 Å². The van der Waals surface area contributed by atoms with Crippen molar-refractivity contribution in [1.82, 2.24) is 14.8 Å². The van der Waals surface area contributed by atoms with Gasteiger partial charge in [-0.15, -0.1) is 5.10 Å². The van der Waals surface area contributed by atoms with Crippen LogP contribution in [0, 0.1) is 11.3 Å². The highest BCUT2D eigenvalue weighted by Crippen LogP contribution is 2.53. The maximum atomic E-state index is 13.4. The van der Waals surface area contributed by atoms with Crippen LogP contribution in [0.2, 0.25) is 0 Å². The number of carbonyl (C=O) groups excluding carboxylic acids is 1. The van der Waals surface area contributed by atoms with E-state index in [0.717, 1.165) is 6.42 Å². The lowest BCUT2D eigenvalue weighted by Gasteiger charge is -2.42. The molecule has 13 heteroatoms. The van der Waals surface area contributed by atoms with Gasteiger partial charge in [-0.25, -0.2) is 9.67 Å². The lowest BCUT2D eigenvalue weighted by atomic mass is 9.69. The van der Waals surface area contributed by atoms with Crippen molar-refractivity contribution in [3.8, 4) is 11.7 Å². The molecular formula is C22H26F3N5O4S. The second-order valence-corrected chi connectivity index (χ2v) is 10.5. The molecule has 35 heavy (non-hydrogen) atoms. The molecule has 0 radical (unpaired) electrons. The number of carbonyl (C=O) groups is 1. The molecule has 1 saturated carbocycles. The summed E-state index contributed by atoms with van der Waals surface area (Å²) in [5, 5.41) is 4.21. The number of hydrogen-bond acceptors (Lipinski definition) is 7. The van der Waals surface area contributed by atoms with Gasteiger partial charge in [0, 0.05) is 24.3 Å². The summed E-state index contributed by atoms with van der Waals surface area (Å²) in [6.07, 6.45) is -1.45. The van der Waals surface area contributed by atoms with Crippen molar-refractivity contribution >= 4 is 22.2 Å². The zero-order valence-electron chi connectivity index (χ0n) is 19.5. The Morgan fingerprint density at radius 2 is 1.97 bits per heavy atom. The summed E-state index contributed by atoms with van der Waals surface area (Å²) in [6, 6.07) is 4.33. The lowest BCUT2D eigenvalue weighted by molar-refractivity contribution is -0.259. The van der Waals surface area contributed by atoms with Crippen LogP contribution in [-0.4, -0.2) is 54.0 Å². The van der Waals surface area contributed by atoms with Crippen molar-refractivity contribution in [2.45, 2.75) is 58.2 Å². The quantitative estimate of drug-likeness (QED) is 0.570. The summed E-state index contributed by atoms with van der Waals surface area (Å²) in [7, 11) is -2.92. The second-order valence-electron chi connectivity index (χ2n) is 9.91. The van der Waals surface area contributed by atoms with Crippen LogP contribution in [-0.2, 0) is 10.5 Å². The van der Waals surface area contributed by atoms with E-state index < -0.39 is 34.6 Å². The van der Waals surface area contributed by atoms with Crippen molar-refractivity contribution in [1.29, 1.82) is 0 Å². The van der Waals surface area contributed by atoms with E-state index in [9.17, 15) is 26.4 Å². The summed E-state index contributed by atoms with van der Waals surface area (Å²) in [6.45, 7) is 6.15. The number of halogens is 3. The number of pyridine rings is 1. The molecule has 0 aromatic carbocycles. The zero-order valence-corrected chi connectivity index (χ0v) is 20.4. The molecule has 0 N–H and O–H groups in total. The molecule has 2 aromatic heterocycles. The van der Waals surface area contributed by atoms with Gasteiger partial charge < -0.3 is 9.64 Å². The average Bonchev–Trinajstić information content (AvgIpc) is 3.28. The van der Waals surface area contributed by atoms with E-state index in [-0.39, 0.29) is 35.6 Å². The molecule has 2 fully saturated rings. The van der Waals surface area contributed by atoms with Gasteiger partial charge in [-0.1, -0.05) is 17.7 Å². The Morgan fingerprint density at radius 1 is 1.26 bits per heavy atom. The van der Waals surface area contributed by atoms with Crippen LogP contribution < -0.4 is 9.64 Å². The summed E-state index contributed by atoms with van der Waals surface area (Å²) in [5.41, 5.74) is -2.17. The van der Waals surface area contributed by atoms with Gasteiger partial charge in [-0.05, 0) is 51.2 Å². The Bertz CT molecular complexity index is 1260. The summed E-state index contributed by atoms with van der Waals surface area (Å²) in [4.78, 5) is 19.0. The minimum Gasteiger partial charge on any atom is -0.476 e. The van der Waals surface area contributed by atoms with Crippen molar-refractivity contribution < 1.29 is 31.1 Å². The van der Waals surface area contributed by atoms with Gasteiger partial charge in [0.2, 0.25) is 5.88 Å². The van der Waals surface area contributed by atoms with Crippen LogP contribution in [0.25, 0.3) is 5.82 Å². The molecule has 2 aromatic rings. The van der Waals surface area contributed by atoms with Crippen molar-refractivity contribution in [2.75, 3.05) is 18.1 Å². The third-order valence-electron chi connectivity index (χ3n) is 6.78. The fourth-order valence-electron chi connectivity index (χ4n) is 4.85. The Labute approximate surface area is 202 Å². The van der Waals surface area contributed by atoms with Crippen LogP contribution in [0.1, 0.15) is 56.8 Å². The normalized spacial score (nSPS) is 20.9. The minimum absolute atomic E-state index is 0.0240. The number of aromatic nitrogens is 3. The molecule has 0 unspecified atom stereocenters. The van der Waals surface area contributed by atoms with Gasteiger partial charge in [-0.2, -0.15) is 21.6 Å². The third-order valence-corrected chi connectivity index (χ3v) is 7.10. The third kappa shape index (κ3) is 4.91. The molecule has 0 spiro atoms. The van der Waals surface area contributed by atoms with Crippen molar-refractivity contribution in [3.05, 3.63) is 30.0 Å². The molecule has 190 valence electrons. The smallest absolute Gasteiger partial charge is 0.397 e. The Hall–Kier alpha value is -2.96. The predicted molar refractivity (Wildman–Crippen MR) is 120 cm³/mol. The molecule has 3 heterocycles. The van der Waals surface area contributed by atoms with Crippen molar-refractivity contribution in [2.24, 2.45) is 15.7 Å². The topological polar surface area (TPSA) is 107 Å². The van der Waals surface area contributed by atoms with Crippen LogP contribution in [0.3, 0.4) is 0 Å². The first kappa shape index (κ1) is 25.1. The fraction of sp³-hybridized carbons (Fsp3) is 0.591. The van der Waals surface area contributed by atoms with Crippen LogP contribution in [0.5, 0.6) is 5.88 Å². The predicted octanol–water partition coefficient (Wildman–Crippen LogP) is 4.21. The summed E-state index contributed by atoms with van der Waals surface area (Å²) in [5.74, 6) is -0.0547. The average molecular weight is 514 g/mol. The van der Waals surface area contributed by atoms with E-state index in [4.69, 9.17) is 4.74 Å². The molecule has 0 bridgehead atoms. The highest BCUT2D eigenvalue weighted by atomic mass is 32.2. The first-order valence-corrected chi connectivity index (χ1v) is 12.2. The first-order valence-electron chi connectivity index (χ1n) is 11.2. The number of nitrogens with zero attached hydrogens (tertiary/aromatic N) is 5. The maximum Gasteiger partial charge on any atom is 0.397 e. The molecule has 1 aliphatic heterocycles. The van der Waals surface area contributed by atoms with E-state index in [1.807, 2.05) is 18.7 Å². The molecule has 1 aliphatic carbocycles. The van der Waals surface area contributed by atoms with Gasteiger partial charge in [0.1, 0.15) is 17.8 Å². The first-order chi connectivity index (χ1) is 16.3. The van der Waals surface area contributed by atoms with Gasteiger partial charge in [0.25, 0.3) is 5.91 Å². The molecule has 2 aliphatic rings. The molecule has 4 rings (SSSR count). The van der Waals surface area contributed by atoms with Gasteiger partial charge in [0.15, 0.2) is 5.82 Å². The molecule has 1 saturated heterocycles. The number of amides is 1. The van der Waals surface area contributed by atoms with Gasteiger partial charge in [-0.3, -0.25) is 4.79 Å². The molecule has 1 atom stereocenters. The number of rotatable bonds is 6. The van der Waals surface area contributed by atoms with E-state index >= 15 is 0 Å². The lowest BCUT2D eigenvalue weighted by Crippen LogP contribution is -2.48. The second kappa shape index (κ2) is 8.92. The minimum atomic E-state index is -4.34. The highest BCUT2D eigenvalue weighted by Gasteiger charge is 2.59. The van der Waals surface area contributed by atoms with Gasteiger partial charge >= 0.3 is 16.7 Å². The Kier molecular flexibility index (Phi) is 6.41. The van der Waals surface area contributed by atoms with Crippen LogP contribution in [0.4, 0.5) is 19.0 Å². The molecular weight excluding hydrogens is 487 g/mol. The molecule has 1 amide bonds. The van der Waals surface area contributed by atoms with Crippen LogP contribution in [0.15, 0.2) is 28.8 Å². The zero-order chi connectivity index (χ0) is 25.6. The number of alkyl halides is 3. The number of ether oxygens (including phenoxy) is 1. The highest BCUT2D eigenvalue weighted by molar-refractivity contribution is 7.62. The number of anilines is 1. The van der Waals surface area contributed by atoms with E-state index in [2.05, 4.69) is 21.4 Å². The van der Waals surface area contributed by atoms with E-state index in [1.165, 1.54) is 29.1 Å². The summed E-state index contributed by atoms with van der Waals surface area (Å²) >= 11 is 0. The van der Waals surface area contributed by atoms with Crippen LogP contribution >= 0.6 is 0 Å². The standard InChI is InChI=1S/C22H26F3N5O4S/c1-14-11-20(2,3)29(12-14)18-15(19(31)28-35(32)33)5-6-16(26-18)30-10-7-17(27-30)34-13-21(8-4-9-21)22(23,24)25/h5-7,10,14H,4,8-9,11-13H2,1-3H3/t14-/m0/s1. The van der Waals surface area contributed by atoms with E-state index in [0.29, 0.717) is 24.7 Å². The monoisotopic (exact) mass is 513 g/mol. The largest absolute Gasteiger partial charge is 0.476 e. The Morgan fingerprint density at radius 3 is 2.51 bits per heavy atom.